The Morgan fingerprint density at radius 1 is 0.857 bits per heavy atom. The normalized spacial score (nSPS) is 11.3. The van der Waals surface area contributed by atoms with Gasteiger partial charge in [-0.05, 0) is 23.3 Å². The second kappa shape index (κ2) is 9.87. The summed E-state index contributed by atoms with van der Waals surface area (Å²) in [5.41, 5.74) is 1.79. The summed E-state index contributed by atoms with van der Waals surface area (Å²) in [6.45, 7) is 0.132. The van der Waals surface area contributed by atoms with Gasteiger partial charge in [0, 0.05) is 12.6 Å². The smallest absolute Gasteiger partial charge is 0.408 e. The highest BCUT2D eigenvalue weighted by atomic mass is 16.5. The average molecular weight is 375 g/mol. The minimum Gasteiger partial charge on any atom is -0.445 e. The SMILES string of the molecule is O=C(NC(Cc1ccccc1)C(=O)Nc1ccccn1)OCc1ccccc1. The largest absolute Gasteiger partial charge is 0.445 e. The maximum atomic E-state index is 12.7. The Morgan fingerprint density at radius 2 is 1.50 bits per heavy atom. The van der Waals surface area contributed by atoms with Gasteiger partial charge in [0.15, 0.2) is 0 Å². The van der Waals surface area contributed by atoms with Crippen molar-refractivity contribution < 1.29 is 14.3 Å². The van der Waals surface area contributed by atoms with E-state index in [1.165, 1.54) is 0 Å². The van der Waals surface area contributed by atoms with Crippen LogP contribution in [0.1, 0.15) is 11.1 Å². The molecule has 0 saturated carbocycles. The molecule has 3 rings (SSSR count). The van der Waals surface area contributed by atoms with Gasteiger partial charge in [-0.25, -0.2) is 9.78 Å². The summed E-state index contributed by atoms with van der Waals surface area (Å²) >= 11 is 0. The van der Waals surface area contributed by atoms with E-state index in [0.717, 1.165) is 11.1 Å². The van der Waals surface area contributed by atoms with Crippen LogP contribution in [0.15, 0.2) is 85.1 Å². The molecule has 6 heteroatoms. The molecule has 1 atom stereocenters. The molecule has 2 amide bonds. The van der Waals surface area contributed by atoms with E-state index < -0.39 is 12.1 Å². The summed E-state index contributed by atoms with van der Waals surface area (Å²) in [6.07, 6.45) is 1.27. The van der Waals surface area contributed by atoms with Crippen molar-refractivity contribution in [2.24, 2.45) is 0 Å². The highest BCUT2D eigenvalue weighted by Gasteiger charge is 2.22. The lowest BCUT2D eigenvalue weighted by molar-refractivity contribution is -0.118. The molecule has 6 nitrogen and oxygen atoms in total. The fourth-order valence-corrected chi connectivity index (χ4v) is 2.62. The Balaban J connectivity index is 1.64. The summed E-state index contributed by atoms with van der Waals surface area (Å²) in [7, 11) is 0. The van der Waals surface area contributed by atoms with Crippen LogP contribution in [-0.2, 0) is 22.6 Å². The summed E-state index contributed by atoms with van der Waals surface area (Å²) in [5, 5.41) is 5.38. The van der Waals surface area contributed by atoms with Crippen molar-refractivity contribution >= 4 is 17.8 Å². The minimum atomic E-state index is -0.798. The molecule has 142 valence electrons. The maximum absolute atomic E-state index is 12.7. The van der Waals surface area contributed by atoms with E-state index >= 15 is 0 Å². The first-order valence-corrected chi connectivity index (χ1v) is 8.94. The number of hydrogen-bond donors (Lipinski definition) is 2. The lowest BCUT2D eigenvalue weighted by Gasteiger charge is -2.18. The molecule has 0 aliphatic heterocycles. The Hall–Kier alpha value is -3.67. The van der Waals surface area contributed by atoms with Gasteiger partial charge in [-0.1, -0.05) is 66.7 Å². The second-order valence-electron chi connectivity index (χ2n) is 6.15. The van der Waals surface area contributed by atoms with E-state index in [2.05, 4.69) is 15.6 Å². The minimum absolute atomic E-state index is 0.132. The van der Waals surface area contributed by atoms with Gasteiger partial charge in [-0.3, -0.25) is 4.79 Å². The highest BCUT2D eigenvalue weighted by molar-refractivity contribution is 5.96. The van der Waals surface area contributed by atoms with Gasteiger partial charge in [0.05, 0.1) is 0 Å². The van der Waals surface area contributed by atoms with E-state index in [4.69, 9.17) is 4.74 Å². The predicted molar refractivity (Wildman–Crippen MR) is 107 cm³/mol. The van der Waals surface area contributed by atoms with Crippen molar-refractivity contribution in [2.75, 3.05) is 5.32 Å². The first-order chi connectivity index (χ1) is 13.7. The molecule has 0 fully saturated rings. The molecule has 28 heavy (non-hydrogen) atoms. The monoisotopic (exact) mass is 375 g/mol. The zero-order valence-corrected chi connectivity index (χ0v) is 15.2. The molecular weight excluding hydrogens is 354 g/mol. The van der Waals surface area contributed by atoms with E-state index in [-0.39, 0.29) is 12.5 Å². The third kappa shape index (κ3) is 5.95. The number of rotatable bonds is 7. The number of nitrogens with one attached hydrogen (secondary N) is 2. The van der Waals surface area contributed by atoms with Crippen molar-refractivity contribution in [3.05, 3.63) is 96.2 Å². The molecule has 0 aliphatic rings. The molecule has 0 bridgehead atoms. The summed E-state index contributed by atoms with van der Waals surface area (Å²) < 4.78 is 5.25. The topological polar surface area (TPSA) is 80.3 Å². The van der Waals surface area contributed by atoms with Gasteiger partial charge in [0.25, 0.3) is 0 Å². The van der Waals surface area contributed by atoms with Crippen molar-refractivity contribution in [3.63, 3.8) is 0 Å². The van der Waals surface area contributed by atoms with Gasteiger partial charge < -0.3 is 15.4 Å². The number of ether oxygens (including phenoxy) is 1. The number of anilines is 1. The van der Waals surface area contributed by atoms with Crippen LogP contribution < -0.4 is 10.6 Å². The Morgan fingerprint density at radius 3 is 2.14 bits per heavy atom. The summed E-state index contributed by atoms with van der Waals surface area (Å²) in [6, 6.07) is 23.2. The molecule has 2 aromatic carbocycles. The first-order valence-electron chi connectivity index (χ1n) is 8.94. The first kappa shape index (κ1) is 19.1. The van der Waals surface area contributed by atoms with Gasteiger partial charge in [0.2, 0.25) is 5.91 Å². The number of carbonyl (C=O) groups is 2. The average Bonchev–Trinajstić information content (AvgIpc) is 2.74. The number of hydrogen-bond acceptors (Lipinski definition) is 4. The zero-order valence-electron chi connectivity index (χ0n) is 15.2. The quantitative estimate of drug-likeness (QED) is 0.662. The van der Waals surface area contributed by atoms with Crippen LogP contribution in [-0.4, -0.2) is 23.0 Å². The van der Waals surface area contributed by atoms with Crippen molar-refractivity contribution in [1.82, 2.24) is 10.3 Å². The van der Waals surface area contributed by atoms with Crippen LogP contribution in [0.3, 0.4) is 0 Å². The van der Waals surface area contributed by atoms with Crippen LogP contribution in [0.2, 0.25) is 0 Å². The molecule has 3 aromatic rings. The predicted octanol–water partition coefficient (Wildman–Crippen LogP) is 3.56. The lowest BCUT2D eigenvalue weighted by atomic mass is 10.1. The molecule has 1 unspecified atom stereocenters. The van der Waals surface area contributed by atoms with Gasteiger partial charge in [-0.2, -0.15) is 0 Å². The summed E-state index contributed by atoms with van der Waals surface area (Å²) in [5.74, 6) is 0.0595. The molecule has 1 heterocycles. The van der Waals surface area contributed by atoms with Crippen LogP contribution in [0, 0.1) is 0 Å². The van der Waals surface area contributed by atoms with Crippen LogP contribution in [0.25, 0.3) is 0 Å². The Kier molecular flexibility index (Phi) is 6.73. The van der Waals surface area contributed by atoms with E-state index in [1.54, 1.807) is 24.4 Å². The van der Waals surface area contributed by atoms with Crippen LogP contribution in [0.5, 0.6) is 0 Å². The number of nitrogens with zero attached hydrogens (tertiary/aromatic N) is 1. The van der Waals surface area contributed by atoms with E-state index in [1.807, 2.05) is 60.7 Å². The van der Waals surface area contributed by atoms with E-state index in [9.17, 15) is 9.59 Å². The van der Waals surface area contributed by atoms with E-state index in [0.29, 0.717) is 12.2 Å². The number of carbonyl (C=O) groups excluding carboxylic acids is 2. The molecule has 0 saturated heterocycles. The van der Waals surface area contributed by atoms with Gasteiger partial charge in [-0.15, -0.1) is 0 Å². The fraction of sp³-hybridized carbons (Fsp3) is 0.136. The number of aromatic nitrogens is 1. The third-order valence-electron chi connectivity index (χ3n) is 4.02. The molecule has 2 N–H and O–H groups in total. The molecular formula is C22H21N3O3. The van der Waals surface area contributed by atoms with Crippen molar-refractivity contribution in [1.29, 1.82) is 0 Å². The molecule has 0 radical (unpaired) electrons. The number of alkyl carbamates (subject to hydrolysis) is 1. The zero-order chi connectivity index (χ0) is 19.6. The summed E-state index contributed by atoms with van der Waals surface area (Å²) in [4.78, 5) is 29.0. The number of amides is 2. The van der Waals surface area contributed by atoms with Crippen LogP contribution >= 0.6 is 0 Å². The Labute approximate surface area is 163 Å². The Bertz CT molecular complexity index is 887. The lowest BCUT2D eigenvalue weighted by Crippen LogP contribution is -2.45. The van der Waals surface area contributed by atoms with Gasteiger partial charge in [0.1, 0.15) is 18.5 Å². The number of benzene rings is 2. The maximum Gasteiger partial charge on any atom is 0.408 e. The molecule has 0 spiro atoms. The molecule has 0 aliphatic carbocycles. The number of pyridine rings is 1. The van der Waals surface area contributed by atoms with Crippen LogP contribution in [0.4, 0.5) is 10.6 Å². The fourth-order valence-electron chi connectivity index (χ4n) is 2.62. The second-order valence-corrected chi connectivity index (χ2v) is 6.15. The third-order valence-corrected chi connectivity index (χ3v) is 4.02. The van der Waals surface area contributed by atoms with Crippen molar-refractivity contribution in [3.8, 4) is 0 Å². The molecule has 1 aromatic heterocycles. The van der Waals surface area contributed by atoms with Crippen molar-refractivity contribution in [2.45, 2.75) is 19.1 Å². The standard InChI is InChI=1S/C22H21N3O3/c26-21(25-20-13-7-8-14-23-20)19(15-17-9-3-1-4-10-17)24-22(27)28-16-18-11-5-2-6-12-18/h1-14,19H,15-16H2,(H,24,27)(H,23,25,26). The highest BCUT2D eigenvalue weighted by Crippen LogP contribution is 2.08. The van der Waals surface area contributed by atoms with Gasteiger partial charge >= 0.3 is 6.09 Å².